The lowest BCUT2D eigenvalue weighted by molar-refractivity contribution is 1.27. The average molecular weight is 256 g/mol. The van der Waals surface area contributed by atoms with Gasteiger partial charge in [-0.1, -0.05) is 17.7 Å². The van der Waals surface area contributed by atoms with Gasteiger partial charge in [-0.25, -0.2) is 4.98 Å². The van der Waals surface area contributed by atoms with Crippen molar-refractivity contribution in [3.63, 3.8) is 0 Å². The number of rotatable bonds is 2. The summed E-state index contributed by atoms with van der Waals surface area (Å²) in [4.78, 5) is 11.9. The number of nitrogens with one attached hydrogen (secondary N) is 1. The van der Waals surface area contributed by atoms with E-state index in [1.54, 1.807) is 12.4 Å². The van der Waals surface area contributed by atoms with Crippen molar-refractivity contribution >= 4 is 11.6 Å². The molecule has 0 aliphatic carbocycles. The molecule has 0 unspecified atom stereocenters. The van der Waals surface area contributed by atoms with E-state index in [1.165, 1.54) is 0 Å². The maximum atomic E-state index is 5.86. The number of H-pyrrole nitrogens is 1. The number of halogens is 1. The van der Waals surface area contributed by atoms with Gasteiger partial charge in [0.25, 0.3) is 0 Å². The zero-order valence-electron chi connectivity index (χ0n) is 9.47. The number of hydrogen-bond acceptors (Lipinski definition) is 2. The maximum absolute atomic E-state index is 5.86. The first-order chi connectivity index (χ1) is 8.83. The molecule has 1 N–H and O–H groups in total. The molecule has 0 saturated carbocycles. The minimum Gasteiger partial charge on any atom is -0.337 e. The Hall–Kier alpha value is -2.13. The van der Waals surface area contributed by atoms with E-state index in [4.69, 9.17) is 11.6 Å². The first-order valence-corrected chi connectivity index (χ1v) is 5.93. The van der Waals surface area contributed by atoms with Gasteiger partial charge in [0.2, 0.25) is 0 Å². The van der Waals surface area contributed by atoms with Gasteiger partial charge in [0, 0.05) is 16.8 Å². The first kappa shape index (κ1) is 11.0. The molecule has 18 heavy (non-hydrogen) atoms. The van der Waals surface area contributed by atoms with E-state index in [1.807, 2.05) is 42.5 Å². The van der Waals surface area contributed by atoms with Crippen molar-refractivity contribution in [2.75, 3.05) is 0 Å². The second kappa shape index (κ2) is 4.63. The molecular weight excluding hydrogens is 246 g/mol. The first-order valence-electron chi connectivity index (χ1n) is 5.55. The summed E-state index contributed by atoms with van der Waals surface area (Å²) in [7, 11) is 0. The zero-order valence-corrected chi connectivity index (χ0v) is 10.2. The fraction of sp³-hybridized carbons (Fsp3) is 0. The molecule has 0 aliphatic rings. The molecule has 3 nitrogen and oxygen atoms in total. The minimum absolute atomic E-state index is 0.718. The minimum atomic E-state index is 0.718. The van der Waals surface area contributed by atoms with Crippen molar-refractivity contribution in [2.45, 2.75) is 0 Å². The van der Waals surface area contributed by atoms with Crippen molar-refractivity contribution in [3.05, 3.63) is 59.9 Å². The Balaban J connectivity index is 1.97. The topological polar surface area (TPSA) is 41.6 Å². The fourth-order valence-corrected chi connectivity index (χ4v) is 1.85. The normalized spacial score (nSPS) is 10.5. The molecule has 0 fully saturated rings. The molecule has 0 radical (unpaired) electrons. The summed E-state index contributed by atoms with van der Waals surface area (Å²) in [6.45, 7) is 0. The van der Waals surface area contributed by atoms with Crippen molar-refractivity contribution in [3.8, 4) is 22.8 Å². The summed E-state index contributed by atoms with van der Waals surface area (Å²) >= 11 is 5.86. The number of benzene rings is 1. The monoisotopic (exact) mass is 255 g/mol. The molecule has 88 valence electrons. The van der Waals surface area contributed by atoms with Crippen LogP contribution in [0.4, 0.5) is 0 Å². The molecule has 4 heteroatoms. The molecule has 3 rings (SSSR count). The second-order valence-corrected chi connectivity index (χ2v) is 4.30. The number of hydrogen-bond donors (Lipinski definition) is 1. The highest BCUT2D eigenvalue weighted by molar-refractivity contribution is 6.30. The number of aromatic nitrogens is 3. The Morgan fingerprint density at radius 1 is 0.944 bits per heavy atom. The third-order valence-corrected chi connectivity index (χ3v) is 2.89. The zero-order chi connectivity index (χ0) is 12.4. The SMILES string of the molecule is Clc1ccc(-c2ncc(-c3ccccn3)[nH]2)cc1. The Labute approximate surface area is 109 Å². The summed E-state index contributed by atoms with van der Waals surface area (Å²) in [6, 6.07) is 13.3. The third-order valence-electron chi connectivity index (χ3n) is 2.63. The van der Waals surface area contributed by atoms with E-state index in [0.717, 1.165) is 27.8 Å². The van der Waals surface area contributed by atoms with E-state index in [9.17, 15) is 0 Å². The van der Waals surface area contributed by atoms with E-state index in [2.05, 4.69) is 15.0 Å². The number of imidazole rings is 1. The van der Waals surface area contributed by atoms with Gasteiger partial charge in [-0.15, -0.1) is 0 Å². The van der Waals surface area contributed by atoms with Crippen LogP contribution in [-0.4, -0.2) is 15.0 Å². The molecule has 0 saturated heterocycles. The number of aromatic amines is 1. The molecule has 0 bridgehead atoms. The summed E-state index contributed by atoms with van der Waals surface area (Å²) in [5.41, 5.74) is 2.78. The van der Waals surface area contributed by atoms with Gasteiger partial charge in [0.1, 0.15) is 5.82 Å². The molecular formula is C14H10ClN3. The lowest BCUT2D eigenvalue weighted by Crippen LogP contribution is -1.82. The molecule has 0 aliphatic heterocycles. The fourth-order valence-electron chi connectivity index (χ4n) is 1.73. The molecule has 0 atom stereocenters. The molecule has 0 amide bonds. The summed E-state index contributed by atoms with van der Waals surface area (Å²) < 4.78 is 0. The van der Waals surface area contributed by atoms with Crippen LogP contribution in [0.5, 0.6) is 0 Å². The largest absolute Gasteiger partial charge is 0.337 e. The average Bonchev–Trinajstić information content (AvgIpc) is 2.90. The highest BCUT2D eigenvalue weighted by atomic mass is 35.5. The standard InChI is InChI=1S/C14H10ClN3/c15-11-6-4-10(5-7-11)14-17-9-13(18-14)12-3-1-2-8-16-12/h1-9H,(H,17,18). The summed E-state index contributed by atoms with van der Waals surface area (Å²) in [5, 5.41) is 0.718. The molecule has 1 aromatic carbocycles. The maximum Gasteiger partial charge on any atom is 0.137 e. The summed E-state index contributed by atoms with van der Waals surface area (Å²) in [5.74, 6) is 0.812. The second-order valence-electron chi connectivity index (χ2n) is 3.87. The predicted molar refractivity (Wildman–Crippen MR) is 72.3 cm³/mol. The Bertz CT molecular complexity index is 644. The van der Waals surface area contributed by atoms with Gasteiger partial charge in [-0.2, -0.15) is 0 Å². The third kappa shape index (κ3) is 2.13. The molecule has 3 aromatic rings. The molecule has 2 aromatic heterocycles. The van der Waals surface area contributed by atoms with Gasteiger partial charge in [0.15, 0.2) is 0 Å². The smallest absolute Gasteiger partial charge is 0.137 e. The van der Waals surface area contributed by atoms with Gasteiger partial charge in [-0.3, -0.25) is 4.98 Å². The van der Waals surface area contributed by atoms with Crippen LogP contribution in [0.3, 0.4) is 0 Å². The van der Waals surface area contributed by atoms with Crippen LogP contribution in [0.2, 0.25) is 5.02 Å². The van der Waals surface area contributed by atoms with Gasteiger partial charge >= 0.3 is 0 Å². The molecule has 2 heterocycles. The molecule has 0 spiro atoms. The van der Waals surface area contributed by atoms with Crippen LogP contribution in [0.25, 0.3) is 22.8 Å². The Morgan fingerprint density at radius 2 is 1.78 bits per heavy atom. The van der Waals surface area contributed by atoms with E-state index >= 15 is 0 Å². The number of pyridine rings is 1. The van der Waals surface area contributed by atoms with Crippen LogP contribution in [0.1, 0.15) is 0 Å². The Kier molecular flexibility index (Phi) is 2.82. The number of nitrogens with zero attached hydrogens (tertiary/aromatic N) is 2. The van der Waals surface area contributed by atoms with E-state index < -0.39 is 0 Å². The van der Waals surface area contributed by atoms with E-state index in [-0.39, 0.29) is 0 Å². The van der Waals surface area contributed by atoms with Gasteiger partial charge in [-0.05, 0) is 36.4 Å². The van der Waals surface area contributed by atoms with E-state index in [0.29, 0.717) is 0 Å². The lowest BCUT2D eigenvalue weighted by atomic mass is 10.2. The van der Waals surface area contributed by atoms with Crippen molar-refractivity contribution in [1.29, 1.82) is 0 Å². The van der Waals surface area contributed by atoms with Crippen LogP contribution >= 0.6 is 11.6 Å². The van der Waals surface area contributed by atoms with Crippen LogP contribution in [0.15, 0.2) is 54.9 Å². The van der Waals surface area contributed by atoms with Crippen LogP contribution in [0, 0.1) is 0 Å². The van der Waals surface area contributed by atoms with Gasteiger partial charge < -0.3 is 4.98 Å². The van der Waals surface area contributed by atoms with Crippen molar-refractivity contribution < 1.29 is 0 Å². The van der Waals surface area contributed by atoms with Crippen LogP contribution in [-0.2, 0) is 0 Å². The quantitative estimate of drug-likeness (QED) is 0.757. The Morgan fingerprint density at radius 3 is 2.50 bits per heavy atom. The lowest BCUT2D eigenvalue weighted by Gasteiger charge is -1.97. The highest BCUT2D eigenvalue weighted by Gasteiger charge is 2.05. The van der Waals surface area contributed by atoms with Crippen molar-refractivity contribution in [2.24, 2.45) is 0 Å². The van der Waals surface area contributed by atoms with Crippen molar-refractivity contribution in [1.82, 2.24) is 15.0 Å². The summed E-state index contributed by atoms with van der Waals surface area (Å²) in [6.07, 6.45) is 3.55. The predicted octanol–water partition coefficient (Wildman–Crippen LogP) is 3.79. The van der Waals surface area contributed by atoms with Crippen LogP contribution < -0.4 is 0 Å². The van der Waals surface area contributed by atoms with Gasteiger partial charge in [0.05, 0.1) is 17.6 Å². The highest BCUT2D eigenvalue weighted by Crippen LogP contribution is 2.21.